The summed E-state index contributed by atoms with van der Waals surface area (Å²) in [6.07, 6.45) is 4.56. The predicted octanol–water partition coefficient (Wildman–Crippen LogP) is 10.9. The van der Waals surface area contributed by atoms with Gasteiger partial charge in [0.05, 0.1) is 0 Å². The van der Waals surface area contributed by atoms with Crippen molar-refractivity contribution in [2.24, 2.45) is 0 Å². The molecule has 0 aromatic heterocycles. The number of fused-ring (bicyclic) bond motifs is 2. The van der Waals surface area contributed by atoms with E-state index in [1.807, 2.05) is 60.7 Å². The van der Waals surface area contributed by atoms with Crippen molar-refractivity contribution in [3.8, 4) is 0 Å². The van der Waals surface area contributed by atoms with Crippen LogP contribution in [0.2, 0.25) is 0 Å². The van der Waals surface area contributed by atoms with Crippen LogP contribution in [0.15, 0.2) is 146 Å². The Bertz CT molecular complexity index is 1050. The Morgan fingerprint density at radius 1 is 0.550 bits per heavy atom. The molecule has 0 spiro atoms. The third-order valence-electron chi connectivity index (χ3n) is 5.02. The number of hydrogen-bond acceptors (Lipinski definition) is 0. The molecule has 0 heterocycles. The molecule has 2 heteroatoms. The minimum absolute atomic E-state index is 1.07. The molecule has 6 rings (SSSR count). The van der Waals surface area contributed by atoms with E-state index in [0.29, 0.717) is 0 Å². The molecule has 0 saturated carbocycles. The van der Waals surface area contributed by atoms with Crippen molar-refractivity contribution in [2.75, 3.05) is 0 Å². The summed E-state index contributed by atoms with van der Waals surface area (Å²) in [6, 6.07) is 54.3. The van der Waals surface area contributed by atoms with Gasteiger partial charge in [0.1, 0.15) is 0 Å². The Hall–Kier alpha value is -2.80. The van der Waals surface area contributed by atoms with Gasteiger partial charge in [-0.1, -0.05) is 38.8 Å². The summed E-state index contributed by atoms with van der Waals surface area (Å²) in [5.41, 5.74) is 0. The Balaban J connectivity index is 0.000000465. The largest absolute Gasteiger partial charge is 0.184 e. The van der Waals surface area contributed by atoms with Crippen LogP contribution in [-0.2, 0) is 23.3 Å². The Kier molecular flexibility index (Phi) is 27.1. The van der Waals surface area contributed by atoms with Crippen LogP contribution in [0.25, 0.3) is 21.5 Å². The van der Waals surface area contributed by atoms with E-state index in [0.717, 1.165) is 12.8 Å². The van der Waals surface area contributed by atoms with Gasteiger partial charge in [-0.25, -0.2) is 0 Å². The van der Waals surface area contributed by atoms with E-state index < -0.39 is 0 Å². The fourth-order valence-corrected chi connectivity index (χ4v) is 2.82. The molecule has 6 aromatic carbocycles. The van der Waals surface area contributed by atoms with E-state index in [1.54, 1.807) is 0 Å². The van der Waals surface area contributed by atoms with E-state index in [4.69, 9.17) is 0 Å². The zero-order chi connectivity index (χ0) is 29.5. The molecule has 40 heavy (non-hydrogen) atoms. The molecule has 0 N–H and O–H groups in total. The summed E-state index contributed by atoms with van der Waals surface area (Å²) in [5.74, 6) is 0. The first-order valence-electron chi connectivity index (χ1n) is 13.6. The van der Waals surface area contributed by atoms with Gasteiger partial charge in [-0.15, -0.1) is 59.3 Å². The SMILES string of the molecule is [CH2-]CCC.[CH2-]CCC.[Si]=[Zr].[c-]1ccccc1.[c-]1ccccc1.c1ccc2[cH-]ccc2c1.c1ccc2[cH-]ccc2c1. The molecule has 0 bridgehead atoms. The Morgan fingerprint density at radius 2 is 0.875 bits per heavy atom. The quantitative estimate of drug-likeness (QED) is 0.134. The average Bonchev–Trinajstić information content (AvgIpc) is 3.75. The molecule has 208 valence electrons. The van der Waals surface area contributed by atoms with Gasteiger partial charge in [0.15, 0.2) is 0 Å². The fraction of sp³-hybridized carbons (Fsp3) is 0.158. The van der Waals surface area contributed by atoms with Gasteiger partial charge in [-0.05, 0) is 0 Å². The molecule has 2 radical (unpaired) electrons. The number of unbranched alkanes of at least 4 members (excludes halogenated alkanes) is 2. The number of hydrogen-bond donors (Lipinski definition) is 0. The molecule has 0 aliphatic carbocycles. The maximum absolute atomic E-state index is 3.60. The van der Waals surface area contributed by atoms with Crippen LogP contribution in [-0.4, -0.2) is 6.88 Å². The molecular formula is C38H42SiZr-6. The van der Waals surface area contributed by atoms with Gasteiger partial charge in [0, 0.05) is 0 Å². The van der Waals surface area contributed by atoms with E-state index in [-0.39, 0.29) is 0 Å². The Labute approximate surface area is 261 Å². The molecule has 0 unspecified atom stereocenters. The second-order valence-corrected chi connectivity index (χ2v) is 8.17. The van der Waals surface area contributed by atoms with E-state index in [9.17, 15) is 0 Å². The van der Waals surface area contributed by atoms with E-state index in [1.165, 1.54) is 57.7 Å². The molecule has 0 nitrogen and oxygen atoms in total. The third kappa shape index (κ3) is 20.2. The standard InChI is InChI=1S/2C9H7.2C6H5.2C4H9.Si.Zr/c2*1-2-5-9-7-3-6-8(9)4-1;2*1-2-4-6-5-3-1;2*1-3-4-2;;/h2*1-7H;2*1-5H;2*1,3-4H2,2H3;;/q6*-1;;. The summed E-state index contributed by atoms with van der Waals surface area (Å²) in [5, 5.41) is 5.32. The van der Waals surface area contributed by atoms with Crippen LogP contribution in [0, 0.1) is 26.0 Å². The zero-order valence-corrected chi connectivity index (χ0v) is 27.6. The molecule has 0 saturated heterocycles. The van der Waals surface area contributed by atoms with Crippen molar-refractivity contribution in [3.05, 3.63) is 172 Å². The second-order valence-electron chi connectivity index (χ2n) is 8.17. The van der Waals surface area contributed by atoms with Crippen molar-refractivity contribution < 1.29 is 23.3 Å². The second kappa shape index (κ2) is 29.2. The van der Waals surface area contributed by atoms with E-state index >= 15 is 0 Å². The van der Waals surface area contributed by atoms with Crippen molar-refractivity contribution in [2.45, 2.75) is 39.5 Å². The van der Waals surface area contributed by atoms with Crippen molar-refractivity contribution in [3.63, 3.8) is 0 Å². The summed E-state index contributed by atoms with van der Waals surface area (Å²) < 4.78 is 0. The monoisotopic (exact) mass is 616 g/mol. The average molecular weight is 618 g/mol. The first-order chi connectivity index (χ1) is 19.8. The van der Waals surface area contributed by atoms with Crippen LogP contribution in [0.4, 0.5) is 0 Å². The summed E-state index contributed by atoms with van der Waals surface area (Å²) >= 11 is 1.36. The molecule has 0 aliphatic rings. The molecule has 0 aliphatic heterocycles. The Morgan fingerprint density at radius 3 is 1.10 bits per heavy atom. The predicted molar refractivity (Wildman–Crippen MR) is 176 cm³/mol. The fourth-order valence-electron chi connectivity index (χ4n) is 2.82. The van der Waals surface area contributed by atoms with Crippen molar-refractivity contribution >= 4 is 28.4 Å². The first-order valence-corrected chi connectivity index (χ1v) is 17.8. The molecule has 0 amide bonds. The first kappa shape index (κ1) is 37.2. The van der Waals surface area contributed by atoms with Gasteiger partial charge < -0.3 is 13.8 Å². The van der Waals surface area contributed by atoms with Crippen LogP contribution in [0.5, 0.6) is 0 Å². The van der Waals surface area contributed by atoms with Gasteiger partial charge in [0.25, 0.3) is 0 Å². The maximum atomic E-state index is 3.60. The van der Waals surface area contributed by atoms with Gasteiger partial charge in [-0.2, -0.15) is 121 Å². The van der Waals surface area contributed by atoms with Gasteiger partial charge in [-0.3, -0.25) is 0 Å². The van der Waals surface area contributed by atoms with Crippen molar-refractivity contribution in [1.29, 1.82) is 0 Å². The van der Waals surface area contributed by atoms with Gasteiger partial charge in [0.2, 0.25) is 0 Å². The molecule has 6 aromatic rings. The topological polar surface area (TPSA) is 0 Å². The molecular weight excluding hydrogens is 576 g/mol. The number of benzene rings is 4. The van der Waals surface area contributed by atoms with E-state index in [2.05, 4.69) is 132 Å². The summed E-state index contributed by atoms with van der Waals surface area (Å²) in [4.78, 5) is 0. The van der Waals surface area contributed by atoms with Crippen molar-refractivity contribution in [1.82, 2.24) is 0 Å². The minimum atomic E-state index is 1.07. The third-order valence-corrected chi connectivity index (χ3v) is 5.02. The van der Waals surface area contributed by atoms with Crippen LogP contribution >= 0.6 is 0 Å². The smallest absolute Gasteiger partial charge is 0.0809 e. The van der Waals surface area contributed by atoms with Crippen LogP contribution in [0.3, 0.4) is 0 Å². The van der Waals surface area contributed by atoms with Gasteiger partial charge >= 0.3 is 30.2 Å². The molecule has 0 atom stereocenters. The minimum Gasteiger partial charge on any atom is -0.184 e. The molecule has 0 fully saturated rings. The maximum Gasteiger partial charge on any atom is -0.0809 e. The summed E-state index contributed by atoms with van der Waals surface area (Å²) in [7, 11) is 0. The summed E-state index contributed by atoms with van der Waals surface area (Å²) in [6.45, 7) is 14.5. The van der Waals surface area contributed by atoms with Crippen LogP contribution < -0.4 is 0 Å². The zero-order valence-electron chi connectivity index (χ0n) is 24.1. The number of rotatable bonds is 2. The normalized spacial score (nSPS) is 8.57. The van der Waals surface area contributed by atoms with Crippen LogP contribution in [0.1, 0.15) is 39.5 Å².